The van der Waals surface area contributed by atoms with E-state index in [9.17, 15) is 4.79 Å². The number of amides is 1. The zero-order valence-electron chi connectivity index (χ0n) is 16.8. The number of H-pyrrole nitrogens is 1. The summed E-state index contributed by atoms with van der Waals surface area (Å²) in [7, 11) is 0. The molecule has 1 unspecified atom stereocenters. The molecule has 1 aliphatic rings. The van der Waals surface area contributed by atoms with Crippen LogP contribution >= 0.6 is 11.6 Å². The van der Waals surface area contributed by atoms with E-state index in [1.165, 1.54) is 0 Å². The van der Waals surface area contributed by atoms with Crippen LogP contribution in [0, 0.1) is 0 Å². The second-order valence-corrected chi connectivity index (χ2v) is 8.54. The van der Waals surface area contributed by atoms with Crippen molar-refractivity contribution in [3.05, 3.63) is 18.5 Å². The summed E-state index contributed by atoms with van der Waals surface area (Å²) in [5, 5.41) is 7.57. The minimum Gasteiger partial charge on any atom is -0.444 e. The number of carbonyl (C=O) groups is 1. The molecule has 0 saturated carbocycles. The maximum absolute atomic E-state index is 12.2. The van der Waals surface area contributed by atoms with Crippen molar-refractivity contribution < 1.29 is 9.53 Å². The van der Waals surface area contributed by atoms with Crippen molar-refractivity contribution in [1.29, 1.82) is 0 Å². The summed E-state index contributed by atoms with van der Waals surface area (Å²) in [6, 6.07) is 2.09. The number of nitrogens with zero attached hydrogens (tertiary/aromatic N) is 2. The number of pyridine rings is 1. The molecule has 0 aromatic carbocycles. The topological polar surface area (TPSA) is 82.3 Å². The highest BCUT2D eigenvalue weighted by Gasteiger charge is 2.26. The predicted octanol–water partition coefficient (Wildman–Crippen LogP) is 4.10. The third-order valence-corrected chi connectivity index (χ3v) is 4.91. The molecule has 0 radical (unpaired) electrons. The Hall–Kier alpha value is -2.15. The summed E-state index contributed by atoms with van der Waals surface area (Å²) >= 11 is 5.82. The Bertz CT molecular complexity index is 801. The summed E-state index contributed by atoms with van der Waals surface area (Å²) in [5.74, 6) is 0.619. The van der Waals surface area contributed by atoms with Crippen molar-refractivity contribution in [3.8, 4) is 0 Å². The highest BCUT2D eigenvalue weighted by atomic mass is 35.5. The molecular weight excluding hydrogens is 378 g/mol. The highest BCUT2D eigenvalue weighted by molar-refractivity contribution is 6.17. The second-order valence-electron chi connectivity index (χ2n) is 8.16. The molecule has 8 heteroatoms. The lowest BCUT2D eigenvalue weighted by Crippen LogP contribution is -2.49. The maximum atomic E-state index is 12.2. The van der Waals surface area contributed by atoms with Crippen LogP contribution in [0.25, 0.3) is 11.0 Å². The first-order valence-corrected chi connectivity index (χ1v) is 10.4. The minimum absolute atomic E-state index is 0.0430. The Labute approximate surface area is 171 Å². The lowest BCUT2D eigenvalue weighted by atomic mass is 10.0. The first kappa shape index (κ1) is 20.6. The lowest BCUT2D eigenvalue weighted by Gasteiger charge is -2.36. The van der Waals surface area contributed by atoms with Crippen LogP contribution in [0.5, 0.6) is 0 Å². The van der Waals surface area contributed by atoms with Crippen molar-refractivity contribution in [2.75, 3.05) is 35.7 Å². The molecule has 2 aromatic heterocycles. The fourth-order valence-corrected chi connectivity index (χ4v) is 3.66. The SMILES string of the molecule is CC(C)(C)OC(=O)NC1CCCN(c2c(NCCCCl)cnc3[nH]ccc23)C1. The predicted molar refractivity (Wildman–Crippen MR) is 115 cm³/mol. The molecule has 3 rings (SSSR count). The van der Waals surface area contributed by atoms with Crippen LogP contribution in [-0.2, 0) is 4.74 Å². The van der Waals surface area contributed by atoms with E-state index in [1.807, 2.05) is 33.2 Å². The van der Waals surface area contributed by atoms with Crippen molar-refractivity contribution >= 4 is 40.1 Å². The van der Waals surface area contributed by atoms with Crippen LogP contribution in [0.3, 0.4) is 0 Å². The molecule has 0 spiro atoms. The van der Waals surface area contributed by atoms with Gasteiger partial charge in [-0.1, -0.05) is 0 Å². The van der Waals surface area contributed by atoms with Gasteiger partial charge in [-0.15, -0.1) is 11.6 Å². The highest BCUT2D eigenvalue weighted by Crippen LogP contribution is 2.35. The van der Waals surface area contributed by atoms with Crippen LogP contribution in [-0.4, -0.2) is 53.2 Å². The van der Waals surface area contributed by atoms with Crippen LogP contribution in [0.2, 0.25) is 0 Å². The quantitative estimate of drug-likeness (QED) is 0.496. The Kier molecular flexibility index (Phi) is 6.54. The fraction of sp³-hybridized carbons (Fsp3) is 0.600. The standard InChI is InChI=1S/C20H30ClN5O2/c1-20(2,3)28-19(27)25-14-6-4-11-26(13-14)17-15-7-10-23-18(15)24-12-16(17)22-9-5-8-21/h7,10,12,14,22H,4-6,8-9,11,13H2,1-3H3,(H,23,24)(H,25,27). The maximum Gasteiger partial charge on any atom is 0.407 e. The largest absolute Gasteiger partial charge is 0.444 e. The second kappa shape index (κ2) is 8.90. The van der Waals surface area contributed by atoms with Gasteiger partial charge >= 0.3 is 6.09 Å². The molecule has 1 saturated heterocycles. The smallest absolute Gasteiger partial charge is 0.407 e. The van der Waals surface area contributed by atoms with Gasteiger partial charge in [-0.25, -0.2) is 9.78 Å². The van der Waals surface area contributed by atoms with Crippen molar-refractivity contribution in [3.63, 3.8) is 0 Å². The number of alkyl halides is 1. The molecule has 154 valence electrons. The molecule has 1 fully saturated rings. The van der Waals surface area contributed by atoms with Crippen LogP contribution < -0.4 is 15.5 Å². The van der Waals surface area contributed by atoms with Crippen molar-refractivity contribution in [1.82, 2.24) is 15.3 Å². The number of aromatic nitrogens is 2. The number of alkyl carbamates (subject to hydrolysis) is 1. The molecule has 1 atom stereocenters. The Morgan fingerprint density at radius 3 is 3.04 bits per heavy atom. The molecular formula is C20H30ClN5O2. The van der Waals surface area contributed by atoms with Crippen LogP contribution in [0.15, 0.2) is 18.5 Å². The third-order valence-electron chi connectivity index (χ3n) is 4.64. The molecule has 2 aromatic rings. The number of piperidine rings is 1. The fourth-order valence-electron chi connectivity index (χ4n) is 3.53. The lowest BCUT2D eigenvalue weighted by molar-refractivity contribution is 0.0500. The molecule has 1 amide bonds. The Balaban J connectivity index is 1.77. The Morgan fingerprint density at radius 2 is 2.29 bits per heavy atom. The number of fused-ring (bicyclic) bond motifs is 1. The van der Waals surface area contributed by atoms with Gasteiger partial charge in [-0.05, 0) is 46.1 Å². The molecule has 28 heavy (non-hydrogen) atoms. The number of halogens is 1. The van der Waals surface area contributed by atoms with E-state index < -0.39 is 5.60 Å². The molecule has 7 nitrogen and oxygen atoms in total. The van der Waals surface area contributed by atoms with Gasteiger partial charge in [0.2, 0.25) is 0 Å². The van der Waals surface area contributed by atoms with E-state index >= 15 is 0 Å². The number of ether oxygens (including phenoxy) is 1. The zero-order chi connectivity index (χ0) is 20.1. The van der Waals surface area contributed by atoms with E-state index in [-0.39, 0.29) is 12.1 Å². The normalized spacial score (nSPS) is 17.6. The number of anilines is 2. The number of hydrogen-bond acceptors (Lipinski definition) is 5. The third kappa shape index (κ3) is 5.22. The van der Waals surface area contributed by atoms with Crippen LogP contribution in [0.1, 0.15) is 40.0 Å². The number of carbonyl (C=O) groups excluding carboxylic acids is 1. The van der Waals surface area contributed by atoms with Gasteiger partial charge in [0.15, 0.2) is 0 Å². The molecule has 3 heterocycles. The monoisotopic (exact) mass is 407 g/mol. The van der Waals surface area contributed by atoms with E-state index in [0.717, 1.165) is 61.3 Å². The van der Waals surface area contributed by atoms with Gasteiger partial charge in [-0.2, -0.15) is 0 Å². The first-order valence-electron chi connectivity index (χ1n) is 9.88. The average Bonchev–Trinajstić information content (AvgIpc) is 3.08. The summed E-state index contributed by atoms with van der Waals surface area (Å²) < 4.78 is 5.42. The van der Waals surface area contributed by atoms with Gasteiger partial charge in [0.25, 0.3) is 0 Å². The molecule has 0 aliphatic carbocycles. The van der Waals surface area contributed by atoms with Gasteiger partial charge in [0.1, 0.15) is 11.2 Å². The Morgan fingerprint density at radius 1 is 1.46 bits per heavy atom. The van der Waals surface area contributed by atoms with E-state index in [0.29, 0.717) is 5.88 Å². The summed E-state index contributed by atoms with van der Waals surface area (Å²) in [4.78, 5) is 22.2. The van der Waals surface area contributed by atoms with Gasteiger partial charge in [0, 0.05) is 43.1 Å². The number of hydrogen-bond donors (Lipinski definition) is 3. The van der Waals surface area contributed by atoms with Gasteiger partial charge in [0.05, 0.1) is 17.6 Å². The van der Waals surface area contributed by atoms with Crippen molar-refractivity contribution in [2.45, 2.75) is 51.7 Å². The molecule has 3 N–H and O–H groups in total. The first-order chi connectivity index (χ1) is 13.4. The summed E-state index contributed by atoms with van der Waals surface area (Å²) in [6.07, 6.45) is 6.23. The van der Waals surface area contributed by atoms with Gasteiger partial charge < -0.3 is 25.3 Å². The van der Waals surface area contributed by atoms with E-state index in [1.54, 1.807) is 0 Å². The number of aromatic amines is 1. The molecule has 1 aliphatic heterocycles. The summed E-state index contributed by atoms with van der Waals surface area (Å²) in [5.41, 5.74) is 2.48. The summed E-state index contributed by atoms with van der Waals surface area (Å²) in [6.45, 7) is 8.07. The van der Waals surface area contributed by atoms with Gasteiger partial charge in [-0.3, -0.25) is 0 Å². The number of nitrogens with one attached hydrogen (secondary N) is 3. The van der Waals surface area contributed by atoms with Crippen LogP contribution in [0.4, 0.5) is 16.2 Å². The van der Waals surface area contributed by atoms with Crippen molar-refractivity contribution in [2.24, 2.45) is 0 Å². The van der Waals surface area contributed by atoms with E-state index in [2.05, 4.69) is 31.6 Å². The van der Waals surface area contributed by atoms with E-state index in [4.69, 9.17) is 16.3 Å². The minimum atomic E-state index is -0.500. The number of rotatable bonds is 6. The zero-order valence-corrected chi connectivity index (χ0v) is 17.6. The average molecular weight is 408 g/mol. The molecule has 0 bridgehead atoms.